The zero-order valence-corrected chi connectivity index (χ0v) is 15.6. The van der Waals surface area contributed by atoms with Crippen LogP contribution in [0.5, 0.6) is 0 Å². The highest BCUT2D eigenvalue weighted by Gasteiger charge is 2.25. The third kappa shape index (κ3) is 3.62. The highest BCUT2D eigenvalue weighted by Crippen LogP contribution is 2.38. The molecule has 1 aromatic heterocycles. The Morgan fingerprint density at radius 3 is 2.19 bits per heavy atom. The second kappa shape index (κ2) is 6.84. The number of aryl methyl sites for hydroxylation is 2. The highest BCUT2D eigenvalue weighted by molar-refractivity contribution is 7.90. The Morgan fingerprint density at radius 2 is 1.63 bits per heavy atom. The maximum absolute atomic E-state index is 14.7. The molecule has 0 atom stereocenters. The maximum Gasteiger partial charge on any atom is 0.178 e. The van der Waals surface area contributed by atoms with Crippen molar-refractivity contribution in [3.8, 4) is 22.4 Å². The molecule has 0 aliphatic carbocycles. The number of sulfone groups is 1. The lowest BCUT2D eigenvalue weighted by Gasteiger charge is -2.09. The van der Waals surface area contributed by atoms with Crippen molar-refractivity contribution in [2.45, 2.75) is 25.4 Å². The molecule has 0 unspecified atom stereocenters. The summed E-state index contributed by atoms with van der Waals surface area (Å²) in [6, 6.07) is 6.75. The van der Waals surface area contributed by atoms with Crippen molar-refractivity contribution in [3.05, 3.63) is 58.9 Å². The molecule has 3 aromatic rings. The first kappa shape index (κ1) is 19.2. The van der Waals surface area contributed by atoms with Crippen LogP contribution in [-0.2, 0) is 16.5 Å². The molecule has 0 amide bonds. The second-order valence-electron chi connectivity index (χ2n) is 6.37. The van der Waals surface area contributed by atoms with Crippen LogP contribution in [0, 0.1) is 25.5 Å². The van der Waals surface area contributed by atoms with E-state index in [0.717, 1.165) is 23.4 Å². The van der Waals surface area contributed by atoms with E-state index in [4.69, 9.17) is 4.52 Å². The first-order chi connectivity index (χ1) is 12.6. The van der Waals surface area contributed by atoms with E-state index >= 15 is 0 Å². The second-order valence-corrected chi connectivity index (χ2v) is 8.36. The molecule has 3 rings (SSSR count). The van der Waals surface area contributed by atoms with Crippen LogP contribution in [0.25, 0.3) is 22.4 Å². The minimum Gasteiger partial charge on any atom is -0.357 e. The predicted octanol–water partition coefficient (Wildman–Crippen LogP) is 4.78. The molecule has 0 aliphatic heterocycles. The van der Waals surface area contributed by atoms with E-state index in [2.05, 4.69) is 5.16 Å². The van der Waals surface area contributed by atoms with Crippen molar-refractivity contribution < 1.29 is 26.1 Å². The zero-order chi connectivity index (χ0) is 19.9. The van der Waals surface area contributed by atoms with Gasteiger partial charge >= 0.3 is 0 Å². The van der Waals surface area contributed by atoms with Crippen molar-refractivity contribution in [1.29, 1.82) is 0 Å². The fraction of sp³-hybridized carbons (Fsp3) is 0.211. The smallest absolute Gasteiger partial charge is 0.178 e. The Kier molecular flexibility index (Phi) is 4.86. The van der Waals surface area contributed by atoms with E-state index < -0.39 is 33.0 Å². The van der Waals surface area contributed by atoms with Gasteiger partial charge in [0, 0.05) is 17.4 Å². The van der Waals surface area contributed by atoms with Gasteiger partial charge in [0.1, 0.15) is 22.2 Å². The molecule has 0 saturated heterocycles. The summed E-state index contributed by atoms with van der Waals surface area (Å²) < 4.78 is 70.6. The molecule has 0 bridgehead atoms. The SMILES string of the molecule is Cc1cc(C)cc(-c2noc(CF)c2-c2cc(F)c(S(C)(=O)=O)cc2F)c1. The monoisotopic (exact) mass is 395 g/mol. The van der Waals surface area contributed by atoms with Gasteiger partial charge in [-0.05, 0) is 38.1 Å². The lowest BCUT2D eigenvalue weighted by Crippen LogP contribution is -2.03. The topological polar surface area (TPSA) is 60.2 Å². The molecular formula is C19H16F3NO3S. The first-order valence-corrected chi connectivity index (χ1v) is 9.83. The van der Waals surface area contributed by atoms with E-state index in [-0.39, 0.29) is 22.6 Å². The Labute approximate surface area is 154 Å². The Bertz CT molecular complexity index is 1120. The number of nitrogens with zero attached hydrogens (tertiary/aromatic N) is 1. The van der Waals surface area contributed by atoms with E-state index in [1.54, 1.807) is 12.1 Å². The van der Waals surface area contributed by atoms with Crippen LogP contribution >= 0.6 is 0 Å². The Hall–Kier alpha value is -2.61. The van der Waals surface area contributed by atoms with E-state index in [9.17, 15) is 21.6 Å². The standard InChI is InChI=1S/C19H16F3NO3S/c1-10-4-11(2)6-12(5-10)19-18(16(9-20)26-23-19)13-7-15(22)17(8-14(13)21)27(3,24)25/h4-8H,9H2,1-3H3. The highest BCUT2D eigenvalue weighted by atomic mass is 32.2. The van der Waals surface area contributed by atoms with Gasteiger partial charge in [-0.15, -0.1) is 0 Å². The van der Waals surface area contributed by atoms with E-state index in [1.807, 2.05) is 19.9 Å². The van der Waals surface area contributed by atoms with Gasteiger partial charge in [0.25, 0.3) is 0 Å². The summed E-state index contributed by atoms with van der Waals surface area (Å²) in [6.45, 7) is 2.63. The number of aromatic nitrogens is 1. The normalized spacial score (nSPS) is 11.8. The van der Waals surface area contributed by atoms with Gasteiger partial charge in [-0.2, -0.15) is 0 Å². The number of halogens is 3. The van der Waals surface area contributed by atoms with Gasteiger partial charge in [0.05, 0.1) is 5.56 Å². The van der Waals surface area contributed by atoms with Gasteiger partial charge in [0.2, 0.25) is 0 Å². The summed E-state index contributed by atoms with van der Waals surface area (Å²) >= 11 is 0. The summed E-state index contributed by atoms with van der Waals surface area (Å²) in [5.41, 5.74) is 2.15. The minimum atomic E-state index is -3.96. The van der Waals surface area contributed by atoms with Crippen LogP contribution in [-0.4, -0.2) is 19.8 Å². The molecule has 1 heterocycles. The van der Waals surface area contributed by atoms with Crippen LogP contribution in [0.1, 0.15) is 16.9 Å². The Balaban J connectivity index is 2.29. The Morgan fingerprint density at radius 1 is 1.00 bits per heavy atom. The molecule has 0 fully saturated rings. The molecule has 27 heavy (non-hydrogen) atoms. The molecule has 2 aromatic carbocycles. The summed E-state index contributed by atoms with van der Waals surface area (Å²) in [6.07, 6.45) is 0.776. The number of hydrogen-bond donors (Lipinski definition) is 0. The largest absolute Gasteiger partial charge is 0.357 e. The molecule has 0 N–H and O–H groups in total. The maximum atomic E-state index is 14.7. The molecule has 142 valence electrons. The van der Waals surface area contributed by atoms with Gasteiger partial charge in [0.15, 0.2) is 22.3 Å². The predicted molar refractivity (Wildman–Crippen MR) is 94.7 cm³/mol. The quantitative estimate of drug-likeness (QED) is 0.638. The van der Waals surface area contributed by atoms with Crippen molar-refractivity contribution >= 4 is 9.84 Å². The number of alkyl halides is 1. The molecule has 8 heteroatoms. The third-order valence-electron chi connectivity index (χ3n) is 4.07. The van der Waals surface area contributed by atoms with Gasteiger partial charge in [-0.3, -0.25) is 0 Å². The summed E-state index contributed by atoms with van der Waals surface area (Å²) in [7, 11) is -3.96. The number of benzene rings is 2. The lowest BCUT2D eigenvalue weighted by molar-refractivity contribution is 0.332. The van der Waals surface area contributed by atoms with Crippen molar-refractivity contribution in [2.24, 2.45) is 0 Å². The summed E-state index contributed by atoms with van der Waals surface area (Å²) in [4.78, 5) is -0.769. The molecule has 4 nitrogen and oxygen atoms in total. The minimum absolute atomic E-state index is 0.0426. The zero-order valence-electron chi connectivity index (χ0n) is 14.8. The number of rotatable bonds is 4. The van der Waals surface area contributed by atoms with Crippen LogP contribution in [0.15, 0.2) is 39.8 Å². The van der Waals surface area contributed by atoms with E-state index in [1.165, 1.54) is 0 Å². The lowest BCUT2D eigenvalue weighted by atomic mass is 9.96. The fourth-order valence-corrected chi connectivity index (χ4v) is 3.74. The van der Waals surface area contributed by atoms with Gasteiger partial charge in [-0.25, -0.2) is 21.6 Å². The average molecular weight is 395 g/mol. The average Bonchev–Trinajstić information content (AvgIpc) is 2.98. The summed E-state index contributed by atoms with van der Waals surface area (Å²) in [5.74, 6) is -2.42. The third-order valence-corrected chi connectivity index (χ3v) is 5.18. The van der Waals surface area contributed by atoms with Crippen molar-refractivity contribution in [2.75, 3.05) is 6.26 Å². The van der Waals surface area contributed by atoms with Crippen LogP contribution in [0.4, 0.5) is 13.2 Å². The van der Waals surface area contributed by atoms with Crippen LogP contribution < -0.4 is 0 Å². The molecule has 0 saturated carbocycles. The van der Waals surface area contributed by atoms with Crippen LogP contribution in [0.2, 0.25) is 0 Å². The number of hydrogen-bond acceptors (Lipinski definition) is 4. The molecule has 0 radical (unpaired) electrons. The van der Waals surface area contributed by atoms with Crippen molar-refractivity contribution in [3.63, 3.8) is 0 Å². The first-order valence-electron chi connectivity index (χ1n) is 7.94. The molecule has 0 spiro atoms. The molecular weight excluding hydrogens is 379 g/mol. The summed E-state index contributed by atoms with van der Waals surface area (Å²) in [5, 5.41) is 3.84. The molecule has 0 aliphatic rings. The van der Waals surface area contributed by atoms with E-state index in [0.29, 0.717) is 11.6 Å². The van der Waals surface area contributed by atoms with Gasteiger partial charge < -0.3 is 4.52 Å². The van der Waals surface area contributed by atoms with Crippen LogP contribution in [0.3, 0.4) is 0 Å². The van der Waals surface area contributed by atoms with Gasteiger partial charge in [-0.1, -0.05) is 22.3 Å². The fourth-order valence-electron chi connectivity index (χ4n) is 3.01. The van der Waals surface area contributed by atoms with Crippen molar-refractivity contribution in [1.82, 2.24) is 5.16 Å².